The van der Waals surface area contributed by atoms with Gasteiger partial charge in [-0.15, -0.1) is 0 Å². The Morgan fingerprint density at radius 3 is 2.50 bits per heavy atom. The minimum absolute atomic E-state index is 0.0474. The number of anilines is 3. The summed E-state index contributed by atoms with van der Waals surface area (Å²) in [4.78, 5) is 17.6. The second-order valence-corrected chi connectivity index (χ2v) is 6.97. The van der Waals surface area contributed by atoms with Crippen LogP contribution in [0.1, 0.15) is 22.0 Å². The van der Waals surface area contributed by atoms with Crippen LogP contribution in [0.4, 0.5) is 21.7 Å². The van der Waals surface area contributed by atoms with Crippen LogP contribution < -0.4 is 22.1 Å². The molecule has 2 aromatic heterocycles. The molecule has 32 heavy (non-hydrogen) atoms. The Kier molecular flexibility index (Phi) is 6.04. The molecule has 10 heteroatoms. The second-order valence-electron chi connectivity index (χ2n) is 6.97. The van der Waals surface area contributed by atoms with E-state index in [2.05, 4.69) is 25.8 Å². The maximum absolute atomic E-state index is 14.6. The van der Waals surface area contributed by atoms with Gasteiger partial charge in [-0.05, 0) is 29.8 Å². The van der Waals surface area contributed by atoms with Crippen molar-refractivity contribution in [2.45, 2.75) is 6.04 Å². The Labute approximate surface area is 183 Å². The van der Waals surface area contributed by atoms with Gasteiger partial charge in [0.15, 0.2) is 11.6 Å². The number of carbonyl (C=O) groups is 1. The van der Waals surface area contributed by atoms with Crippen molar-refractivity contribution in [3.63, 3.8) is 0 Å². The van der Waals surface area contributed by atoms with Gasteiger partial charge in [-0.25, -0.2) is 9.37 Å². The van der Waals surface area contributed by atoms with Crippen LogP contribution in [0.2, 0.25) is 0 Å². The summed E-state index contributed by atoms with van der Waals surface area (Å²) >= 11 is 0. The number of amides is 1. The summed E-state index contributed by atoms with van der Waals surface area (Å²) in [5.74, 6) is -1.45. The maximum Gasteiger partial charge on any atom is 0.252 e. The lowest BCUT2D eigenvalue weighted by atomic mass is 10.1. The third-order valence-electron chi connectivity index (χ3n) is 4.72. The first-order chi connectivity index (χ1) is 15.5. The van der Waals surface area contributed by atoms with Crippen molar-refractivity contribution in [1.82, 2.24) is 20.0 Å². The standard InChI is InChI=1S/C22H21FN8O/c23-18-12-17(20(25)32)21(29-15-7-4-8-16(11-15)31-27-9-10-28-31)30-22(18)26-13-19(24)14-5-2-1-3-6-14/h1-12,19H,13,24H2,(H2,25,32)(H2,26,29,30)/t19-/m1/s1. The van der Waals surface area contributed by atoms with E-state index >= 15 is 0 Å². The number of nitrogens with one attached hydrogen (secondary N) is 2. The molecule has 0 unspecified atom stereocenters. The number of hydrogen-bond donors (Lipinski definition) is 4. The van der Waals surface area contributed by atoms with Gasteiger partial charge in [0.25, 0.3) is 5.91 Å². The van der Waals surface area contributed by atoms with E-state index in [1.54, 1.807) is 30.6 Å². The molecule has 2 heterocycles. The Morgan fingerprint density at radius 2 is 1.78 bits per heavy atom. The molecule has 0 bridgehead atoms. The SMILES string of the molecule is NC(=O)c1cc(F)c(NC[C@@H](N)c2ccccc2)nc1Nc1cccc(-n2nccn2)c1. The molecule has 162 valence electrons. The minimum atomic E-state index is -0.809. The molecule has 9 nitrogen and oxygen atoms in total. The summed E-state index contributed by atoms with van der Waals surface area (Å²) in [5.41, 5.74) is 13.7. The molecule has 0 aliphatic heterocycles. The van der Waals surface area contributed by atoms with Crippen molar-refractivity contribution in [3.05, 3.63) is 90.0 Å². The average Bonchev–Trinajstić information content (AvgIpc) is 3.34. The predicted octanol–water partition coefficient (Wildman–Crippen LogP) is 2.76. The zero-order chi connectivity index (χ0) is 22.5. The normalized spacial score (nSPS) is 11.7. The molecule has 4 rings (SSSR count). The van der Waals surface area contributed by atoms with Crippen LogP contribution in [-0.2, 0) is 0 Å². The summed E-state index contributed by atoms with van der Waals surface area (Å²) in [5, 5.41) is 14.1. The monoisotopic (exact) mass is 432 g/mol. The van der Waals surface area contributed by atoms with E-state index < -0.39 is 11.7 Å². The van der Waals surface area contributed by atoms with Gasteiger partial charge in [0.2, 0.25) is 0 Å². The van der Waals surface area contributed by atoms with E-state index in [4.69, 9.17) is 11.5 Å². The number of nitrogens with zero attached hydrogens (tertiary/aromatic N) is 4. The first-order valence-electron chi connectivity index (χ1n) is 9.80. The van der Waals surface area contributed by atoms with E-state index in [0.717, 1.165) is 11.6 Å². The molecule has 0 spiro atoms. The molecule has 0 fully saturated rings. The van der Waals surface area contributed by atoms with Gasteiger partial charge >= 0.3 is 0 Å². The second kappa shape index (κ2) is 9.23. The summed E-state index contributed by atoms with van der Waals surface area (Å²) in [6.07, 6.45) is 3.12. The maximum atomic E-state index is 14.6. The van der Waals surface area contributed by atoms with E-state index in [0.29, 0.717) is 11.4 Å². The lowest BCUT2D eigenvalue weighted by molar-refractivity contribution is 0.100. The van der Waals surface area contributed by atoms with E-state index in [1.807, 2.05) is 36.4 Å². The smallest absolute Gasteiger partial charge is 0.252 e. The van der Waals surface area contributed by atoms with Crippen LogP contribution in [0.3, 0.4) is 0 Å². The van der Waals surface area contributed by atoms with Gasteiger partial charge < -0.3 is 22.1 Å². The van der Waals surface area contributed by atoms with Gasteiger partial charge in [0, 0.05) is 18.3 Å². The van der Waals surface area contributed by atoms with Gasteiger partial charge in [-0.2, -0.15) is 15.0 Å². The van der Waals surface area contributed by atoms with Gasteiger partial charge in [-0.1, -0.05) is 36.4 Å². The topological polar surface area (TPSA) is 137 Å². The van der Waals surface area contributed by atoms with Crippen LogP contribution in [0, 0.1) is 5.82 Å². The van der Waals surface area contributed by atoms with Crippen molar-refractivity contribution in [1.29, 1.82) is 0 Å². The highest BCUT2D eigenvalue weighted by Crippen LogP contribution is 2.25. The van der Waals surface area contributed by atoms with Crippen molar-refractivity contribution >= 4 is 23.2 Å². The first kappa shape index (κ1) is 20.9. The fourth-order valence-electron chi connectivity index (χ4n) is 3.11. The predicted molar refractivity (Wildman–Crippen MR) is 119 cm³/mol. The summed E-state index contributed by atoms with van der Waals surface area (Å²) in [6, 6.07) is 17.2. The third-order valence-corrected chi connectivity index (χ3v) is 4.72. The quantitative estimate of drug-likeness (QED) is 0.336. The van der Waals surface area contributed by atoms with Crippen molar-refractivity contribution in [2.75, 3.05) is 17.2 Å². The highest BCUT2D eigenvalue weighted by atomic mass is 19.1. The average molecular weight is 432 g/mol. The Morgan fingerprint density at radius 1 is 1.03 bits per heavy atom. The number of aromatic nitrogens is 4. The zero-order valence-corrected chi connectivity index (χ0v) is 16.9. The van der Waals surface area contributed by atoms with Crippen molar-refractivity contribution in [3.8, 4) is 5.69 Å². The number of nitrogens with two attached hydrogens (primary N) is 2. The van der Waals surface area contributed by atoms with E-state index in [-0.39, 0.29) is 29.8 Å². The Balaban J connectivity index is 1.58. The highest BCUT2D eigenvalue weighted by Gasteiger charge is 2.17. The molecular formula is C22H21FN8O. The number of halogens is 1. The number of hydrogen-bond acceptors (Lipinski definition) is 7. The lowest BCUT2D eigenvalue weighted by Gasteiger charge is -2.16. The van der Waals surface area contributed by atoms with Gasteiger partial charge in [-0.3, -0.25) is 4.79 Å². The van der Waals surface area contributed by atoms with E-state index in [9.17, 15) is 9.18 Å². The van der Waals surface area contributed by atoms with E-state index in [1.165, 1.54) is 4.80 Å². The summed E-state index contributed by atoms with van der Waals surface area (Å²) in [6.45, 7) is 0.240. The molecule has 0 saturated carbocycles. The molecule has 1 amide bonds. The molecule has 2 aromatic carbocycles. The third kappa shape index (κ3) is 4.71. The minimum Gasteiger partial charge on any atom is -0.366 e. The van der Waals surface area contributed by atoms with Crippen LogP contribution in [0.5, 0.6) is 0 Å². The Hall–Kier alpha value is -4.31. The fourth-order valence-corrected chi connectivity index (χ4v) is 3.11. The highest BCUT2D eigenvalue weighted by molar-refractivity contribution is 5.98. The van der Waals surface area contributed by atoms with Gasteiger partial charge in [0.05, 0.1) is 23.6 Å². The molecule has 0 aliphatic rings. The largest absolute Gasteiger partial charge is 0.366 e. The Bertz CT molecular complexity index is 1210. The van der Waals surface area contributed by atoms with Crippen molar-refractivity contribution in [2.24, 2.45) is 11.5 Å². The molecule has 0 saturated heterocycles. The lowest BCUT2D eigenvalue weighted by Crippen LogP contribution is -2.22. The first-order valence-corrected chi connectivity index (χ1v) is 9.80. The molecule has 0 radical (unpaired) electrons. The van der Waals surface area contributed by atoms with Crippen molar-refractivity contribution < 1.29 is 9.18 Å². The molecule has 6 N–H and O–H groups in total. The van der Waals surface area contributed by atoms with Gasteiger partial charge in [0.1, 0.15) is 5.82 Å². The molecular weight excluding hydrogens is 411 g/mol. The van der Waals surface area contributed by atoms with Crippen LogP contribution in [0.15, 0.2) is 73.1 Å². The number of primary amides is 1. The molecule has 0 aliphatic carbocycles. The zero-order valence-electron chi connectivity index (χ0n) is 16.9. The summed E-state index contributed by atoms with van der Waals surface area (Å²) < 4.78 is 14.6. The summed E-state index contributed by atoms with van der Waals surface area (Å²) in [7, 11) is 0. The van der Waals surface area contributed by atoms with Crippen LogP contribution in [0.25, 0.3) is 5.69 Å². The molecule has 4 aromatic rings. The number of benzene rings is 2. The number of rotatable bonds is 8. The molecule has 1 atom stereocenters. The fraction of sp³-hybridized carbons (Fsp3) is 0.0909. The van der Waals surface area contributed by atoms with Crippen LogP contribution >= 0.6 is 0 Å². The number of carbonyl (C=O) groups excluding carboxylic acids is 1. The van der Waals surface area contributed by atoms with Crippen LogP contribution in [-0.4, -0.2) is 32.4 Å². The number of pyridine rings is 1.